The lowest BCUT2D eigenvalue weighted by molar-refractivity contribution is -0.137. The highest BCUT2D eigenvalue weighted by Crippen LogP contribution is 2.46. The molecule has 1 aliphatic heterocycles. The number of methoxy groups -OCH3 is 3. The van der Waals surface area contributed by atoms with Gasteiger partial charge in [-0.25, -0.2) is 0 Å². The van der Waals surface area contributed by atoms with E-state index in [2.05, 4.69) is 6.92 Å². The molecule has 3 rings (SSSR count). The normalized spacial score (nSPS) is 18.9. The minimum atomic E-state index is -1.08. The molecule has 0 saturated carbocycles. The van der Waals surface area contributed by atoms with Gasteiger partial charge in [0, 0.05) is 17.0 Å². The summed E-state index contributed by atoms with van der Waals surface area (Å²) in [6, 6.07) is 10.9. The molecule has 0 aromatic heterocycles. The molecule has 144 valence electrons. The van der Waals surface area contributed by atoms with Crippen LogP contribution in [-0.2, 0) is 4.79 Å². The van der Waals surface area contributed by atoms with E-state index in [4.69, 9.17) is 14.2 Å². The van der Waals surface area contributed by atoms with Crippen molar-refractivity contribution in [1.82, 2.24) is 0 Å². The monoisotopic (exact) mass is 389 g/mol. The number of β-lactam (4-membered cyclic amide) rings is 1. The number of anilines is 1. The van der Waals surface area contributed by atoms with Crippen LogP contribution in [0.5, 0.6) is 17.2 Å². The van der Waals surface area contributed by atoms with Crippen LogP contribution in [0.25, 0.3) is 0 Å². The Bertz CT molecular complexity index is 799. The molecule has 0 spiro atoms. The largest absolute Gasteiger partial charge is 0.493 e. The molecule has 2 aromatic carbocycles. The molecule has 1 saturated heterocycles. The first-order valence-corrected chi connectivity index (χ1v) is 9.58. The van der Waals surface area contributed by atoms with E-state index in [1.54, 1.807) is 28.8 Å². The van der Waals surface area contributed by atoms with Gasteiger partial charge in [0.25, 0.3) is 5.91 Å². The van der Waals surface area contributed by atoms with Crippen LogP contribution >= 0.6 is 11.8 Å². The molecule has 0 bridgehead atoms. The van der Waals surface area contributed by atoms with Gasteiger partial charge in [0.1, 0.15) is 0 Å². The van der Waals surface area contributed by atoms with Crippen molar-refractivity contribution < 1.29 is 24.1 Å². The lowest BCUT2D eigenvalue weighted by Gasteiger charge is -2.44. The molecule has 2 atom stereocenters. The first-order valence-electron chi connectivity index (χ1n) is 8.59. The summed E-state index contributed by atoms with van der Waals surface area (Å²) in [5.74, 6) is 1.99. The number of amides is 1. The molecule has 1 fully saturated rings. The summed E-state index contributed by atoms with van der Waals surface area (Å²) in [4.78, 5) is 15.1. The molecular formula is C20H23NO5S. The number of hydrogen-bond donors (Lipinski definition) is 1. The molecule has 1 N–H and O–H groups in total. The van der Waals surface area contributed by atoms with E-state index in [9.17, 15) is 9.90 Å². The number of ether oxygens (including phenoxy) is 3. The van der Waals surface area contributed by atoms with Gasteiger partial charge in [-0.05, 0) is 23.4 Å². The Morgan fingerprint density at radius 1 is 1.04 bits per heavy atom. The van der Waals surface area contributed by atoms with Crippen LogP contribution in [-0.4, -0.2) is 44.2 Å². The summed E-state index contributed by atoms with van der Waals surface area (Å²) in [7, 11) is 4.57. The van der Waals surface area contributed by atoms with Crippen LogP contribution in [0.3, 0.4) is 0 Å². The second-order valence-electron chi connectivity index (χ2n) is 5.98. The standard InChI is InChI=1S/C20H23NO5S/c1-5-27-14-8-6-12(7-9-14)17-18(22)20(23)21(17)13-10-15(24-2)19(26-4)16(11-13)25-3/h6-11,17-18,22H,5H2,1-4H3. The molecule has 1 aliphatic rings. The summed E-state index contributed by atoms with van der Waals surface area (Å²) in [6.07, 6.45) is -1.08. The van der Waals surface area contributed by atoms with Gasteiger partial charge in [-0.2, -0.15) is 0 Å². The zero-order valence-electron chi connectivity index (χ0n) is 15.8. The molecule has 1 heterocycles. The van der Waals surface area contributed by atoms with Gasteiger partial charge in [-0.3, -0.25) is 9.69 Å². The van der Waals surface area contributed by atoms with Crippen molar-refractivity contribution in [1.29, 1.82) is 0 Å². The van der Waals surface area contributed by atoms with Crippen LogP contribution < -0.4 is 19.1 Å². The van der Waals surface area contributed by atoms with Crippen molar-refractivity contribution in [3.63, 3.8) is 0 Å². The molecule has 0 aliphatic carbocycles. The maximum absolute atomic E-state index is 12.4. The van der Waals surface area contributed by atoms with Crippen LogP contribution in [0, 0.1) is 0 Å². The van der Waals surface area contributed by atoms with Gasteiger partial charge in [0.2, 0.25) is 5.75 Å². The maximum atomic E-state index is 12.4. The second kappa shape index (κ2) is 8.10. The Kier molecular flexibility index (Phi) is 5.82. The number of nitrogens with zero attached hydrogens (tertiary/aromatic N) is 1. The summed E-state index contributed by atoms with van der Waals surface area (Å²) < 4.78 is 16.1. The lowest BCUT2D eigenvalue weighted by Crippen LogP contribution is -2.59. The molecule has 7 heteroatoms. The number of benzene rings is 2. The number of aliphatic hydroxyl groups is 1. The summed E-state index contributed by atoms with van der Waals surface area (Å²) in [6.45, 7) is 2.10. The smallest absolute Gasteiger partial charge is 0.259 e. The first kappa shape index (κ1) is 19.4. The molecule has 2 unspecified atom stereocenters. The SMILES string of the molecule is CCSc1ccc(C2C(O)C(=O)N2c2cc(OC)c(OC)c(OC)c2)cc1. The quantitative estimate of drug-likeness (QED) is 0.579. The Morgan fingerprint density at radius 2 is 1.63 bits per heavy atom. The van der Waals surface area contributed by atoms with Crippen LogP contribution in [0.15, 0.2) is 41.3 Å². The summed E-state index contributed by atoms with van der Waals surface area (Å²) in [5.41, 5.74) is 1.45. The minimum Gasteiger partial charge on any atom is -0.493 e. The van der Waals surface area contributed by atoms with Gasteiger partial charge in [-0.15, -0.1) is 11.8 Å². The number of hydrogen-bond acceptors (Lipinski definition) is 6. The van der Waals surface area contributed by atoms with Crippen molar-refractivity contribution in [3.05, 3.63) is 42.0 Å². The number of carbonyl (C=O) groups excluding carboxylic acids is 1. The Hall–Kier alpha value is -2.38. The third-order valence-electron chi connectivity index (χ3n) is 4.53. The highest BCUT2D eigenvalue weighted by molar-refractivity contribution is 7.99. The van der Waals surface area contributed by atoms with Crippen molar-refractivity contribution in [2.24, 2.45) is 0 Å². The zero-order chi connectivity index (χ0) is 19.6. The van der Waals surface area contributed by atoms with Crippen molar-refractivity contribution in [2.75, 3.05) is 32.0 Å². The van der Waals surface area contributed by atoms with Crippen molar-refractivity contribution >= 4 is 23.4 Å². The fourth-order valence-electron chi connectivity index (χ4n) is 3.23. The highest BCUT2D eigenvalue weighted by atomic mass is 32.2. The summed E-state index contributed by atoms with van der Waals surface area (Å²) in [5, 5.41) is 10.3. The zero-order valence-corrected chi connectivity index (χ0v) is 16.6. The van der Waals surface area contributed by atoms with E-state index < -0.39 is 12.1 Å². The summed E-state index contributed by atoms with van der Waals surface area (Å²) >= 11 is 1.74. The number of aliphatic hydroxyl groups excluding tert-OH is 1. The molecule has 1 amide bonds. The maximum Gasteiger partial charge on any atom is 0.259 e. The van der Waals surface area contributed by atoms with Crippen LogP contribution in [0.2, 0.25) is 0 Å². The number of thioether (sulfide) groups is 1. The van der Waals surface area contributed by atoms with Gasteiger partial charge in [-0.1, -0.05) is 19.1 Å². The third kappa shape index (κ3) is 3.44. The average Bonchev–Trinajstić information content (AvgIpc) is 2.71. The Balaban J connectivity index is 1.98. The Labute approximate surface area is 163 Å². The number of rotatable bonds is 7. The number of carbonyl (C=O) groups is 1. The average molecular weight is 389 g/mol. The van der Waals surface area contributed by atoms with Crippen molar-refractivity contribution in [3.8, 4) is 17.2 Å². The molecule has 27 heavy (non-hydrogen) atoms. The van der Waals surface area contributed by atoms with E-state index in [0.29, 0.717) is 22.9 Å². The van der Waals surface area contributed by atoms with Crippen LogP contribution in [0.4, 0.5) is 5.69 Å². The van der Waals surface area contributed by atoms with E-state index in [1.165, 1.54) is 21.3 Å². The Morgan fingerprint density at radius 3 is 2.11 bits per heavy atom. The van der Waals surface area contributed by atoms with E-state index >= 15 is 0 Å². The second-order valence-corrected chi connectivity index (χ2v) is 7.32. The molecular weight excluding hydrogens is 366 g/mol. The van der Waals surface area contributed by atoms with Gasteiger partial charge in [0.15, 0.2) is 17.6 Å². The van der Waals surface area contributed by atoms with Gasteiger partial charge in [0.05, 0.1) is 33.1 Å². The van der Waals surface area contributed by atoms with E-state index in [-0.39, 0.29) is 5.91 Å². The molecule has 2 aromatic rings. The van der Waals surface area contributed by atoms with E-state index in [1.807, 2.05) is 24.3 Å². The van der Waals surface area contributed by atoms with Crippen LogP contribution in [0.1, 0.15) is 18.5 Å². The molecule has 0 radical (unpaired) electrons. The third-order valence-corrected chi connectivity index (χ3v) is 5.42. The predicted molar refractivity (Wildman–Crippen MR) is 105 cm³/mol. The fourth-order valence-corrected chi connectivity index (χ4v) is 3.89. The lowest BCUT2D eigenvalue weighted by atomic mass is 9.90. The van der Waals surface area contributed by atoms with Gasteiger partial charge < -0.3 is 19.3 Å². The van der Waals surface area contributed by atoms with Crippen molar-refractivity contribution in [2.45, 2.75) is 24.0 Å². The topological polar surface area (TPSA) is 68.2 Å². The predicted octanol–water partition coefficient (Wildman–Crippen LogP) is 3.27. The minimum absolute atomic E-state index is 0.360. The van der Waals surface area contributed by atoms with Gasteiger partial charge >= 0.3 is 0 Å². The highest BCUT2D eigenvalue weighted by Gasteiger charge is 2.48. The fraction of sp³-hybridized carbons (Fsp3) is 0.350. The first-order chi connectivity index (χ1) is 13.0. The molecule has 6 nitrogen and oxygen atoms in total. The van der Waals surface area contributed by atoms with E-state index in [0.717, 1.165) is 16.2 Å².